The molecule has 0 aliphatic rings. The fourth-order valence-corrected chi connectivity index (χ4v) is 2.84. The number of hydrogen-bond acceptors (Lipinski definition) is 6. The van der Waals surface area contributed by atoms with Crippen molar-refractivity contribution in [3.05, 3.63) is 47.0 Å². The van der Waals surface area contributed by atoms with Gasteiger partial charge in [0, 0.05) is 24.9 Å². The Morgan fingerprint density at radius 2 is 2.09 bits per heavy atom. The molecule has 3 rings (SSSR count). The molecular formula is C16H17N5OS. The van der Waals surface area contributed by atoms with E-state index in [0.717, 1.165) is 22.4 Å². The number of aromatic nitrogens is 3. The summed E-state index contributed by atoms with van der Waals surface area (Å²) < 4.78 is 3.83. The zero-order valence-electron chi connectivity index (χ0n) is 13.1. The lowest BCUT2D eigenvalue weighted by Gasteiger charge is -2.16. The second-order valence-corrected chi connectivity index (χ2v) is 6.07. The Hall–Kier alpha value is -2.54. The number of rotatable bonds is 4. The number of anilines is 1. The van der Waals surface area contributed by atoms with Gasteiger partial charge in [0.25, 0.3) is 5.91 Å². The van der Waals surface area contributed by atoms with Crippen LogP contribution >= 0.6 is 11.5 Å². The van der Waals surface area contributed by atoms with Gasteiger partial charge in [-0.15, -0.1) is 5.10 Å². The first-order valence-corrected chi connectivity index (χ1v) is 8.05. The van der Waals surface area contributed by atoms with Crippen LogP contribution in [0.5, 0.6) is 0 Å². The van der Waals surface area contributed by atoms with E-state index in [2.05, 4.69) is 19.9 Å². The number of benzene rings is 1. The molecule has 0 fully saturated rings. The second kappa shape index (κ2) is 6.29. The lowest BCUT2D eigenvalue weighted by Crippen LogP contribution is -2.27. The highest BCUT2D eigenvalue weighted by Crippen LogP contribution is 2.23. The number of pyridine rings is 1. The van der Waals surface area contributed by atoms with Crippen molar-refractivity contribution in [3.8, 4) is 0 Å². The summed E-state index contributed by atoms with van der Waals surface area (Å²) in [7, 11) is 3.81. The Morgan fingerprint density at radius 1 is 1.30 bits per heavy atom. The topological polar surface area (TPSA) is 71.0 Å². The van der Waals surface area contributed by atoms with Crippen molar-refractivity contribution in [1.29, 1.82) is 0 Å². The number of fused-ring (bicyclic) bond motifs is 1. The van der Waals surface area contributed by atoms with Crippen molar-refractivity contribution in [1.82, 2.24) is 19.9 Å². The number of hydrogen-bond donors (Lipinski definition) is 1. The van der Waals surface area contributed by atoms with E-state index in [9.17, 15) is 4.79 Å². The molecule has 23 heavy (non-hydrogen) atoms. The van der Waals surface area contributed by atoms with Crippen LogP contribution in [0.25, 0.3) is 10.9 Å². The molecule has 118 valence electrons. The Bertz CT molecular complexity index is 832. The summed E-state index contributed by atoms with van der Waals surface area (Å²) in [6, 6.07) is 9.25. The summed E-state index contributed by atoms with van der Waals surface area (Å²) in [6.45, 7) is 1.89. The van der Waals surface area contributed by atoms with Crippen molar-refractivity contribution >= 4 is 34.2 Å². The molecule has 0 saturated heterocycles. The van der Waals surface area contributed by atoms with Crippen LogP contribution in [0, 0.1) is 0 Å². The third-order valence-electron chi connectivity index (χ3n) is 3.57. The van der Waals surface area contributed by atoms with Gasteiger partial charge in [-0.1, -0.05) is 22.7 Å². The second-order valence-electron chi connectivity index (χ2n) is 5.46. The molecule has 2 heterocycles. The molecule has 3 aromatic rings. The average Bonchev–Trinajstić information content (AvgIpc) is 3.08. The normalized spacial score (nSPS) is 12.1. The van der Waals surface area contributed by atoms with Crippen molar-refractivity contribution in [2.45, 2.75) is 13.0 Å². The lowest BCUT2D eigenvalue weighted by molar-refractivity contribution is 0.0941. The molecule has 1 aromatic carbocycles. The Morgan fingerprint density at radius 3 is 2.78 bits per heavy atom. The molecular weight excluding hydrogens is 310 g/mol. The largest absolute Gasteiger partial charge is 0.363 e. The summed E-state index contributed by atoms with van der Waals surface area (Å²) in [4.78, 5) is 19.2. The van der Waals surface area contributed by atoms with E-state index in [0.29, 0.717) is 5.56 Å². The molecule has 7 heteroatoms. The Balaban J connectivity index is 1.99. The standard InChI is InChI=1S/C16H17N5OS/c1-10(14-9-23-20-19-14)17-16(22)12-8-15(21(2)3)18-13-7-5-4-6-11(12)13/h4-10H,1-3H3,(H,17,22)/t10-/m0/s1. The van der Waals surface area contributed by atoms with Crippen molar-refractivity contribution in [3.63, 3.8) is 0 Å². The highest BCUT2D eigenvalue weighted by Gasteiger charge is 2.17. The third-order valence-corrected chi connectivity index (χ3v) is 4.10. The van der Waals surface area contributed by atoms with Gasteiger partial charge in [-0.2, -0.15) is 0 Å². The molecule has 0 unspecified atom stereocenters. The molecule has 1 amide bonds. The van der Waals surface area contributed by atoms with Crippen molar-refractivity contribution in [2.75, 3.05) is 19.0 Å². The highest BCUT2D eigenvalue weighted by molar-refractivity contribution is 7.03. The third kappa shape index (κ3) is 3.14. The van der Waals surface area contributed by atoms with Gasteiger partial charge in [0.2, 0.25) is 0 Å². The van der Waals surface area contributed by atoms with E-state index in [1.807, 2.05) is 61.6 Å². The van der Waals surface area contributed by atoms with Crippen LogP contribution in [-0.2, 0) is 0 Å². The van der Waals surface area contributed by atoms with Gasteiger partial charge in [-0.3, -0.25) is 4.79 Å². The van der Waals surface area contributed by atoms with Gasteiger partial charge in [0.15, 0.2) is 0 Å². The zero-order valence-corrected chi connectivity index (χ0v) is 14.0. The molecule has 0 saturated carbocycles. The van der Waals surface area contributed by atoms with E-state index >= 15 is 0 Å². The van der Waals surface area contributed by atoms with Crippen LogP contribution in [0.2, 0.25) is 0 Å². The van der Waals surface area contributed by atoms with Gasteiger partial charge in [-0.25, -0.2) is 4.98 Å². The average molecular weight is 327 g/mol. The minimum absolute atomic E-state index is 0.146. The van der Waals surface area contributed by atoms with Crippen LogP contribution in [0.15, 0.2) is 35.7 Å². The predicted molar refractivity (Wildman–Crippen MR) is 91.9 cm³/mol. The summed E-state index contributed by atoms with van der Waals surface area (Å²) in [5, 5.41) is 9.65. The maximum atomic E-state index is 12.7. The van der Waals surface area contributed by atoms with Crippen LogP contribution in [0.1, 0.15) is 29.0 Å². The van der Waals surface area contributed by atoms with Crippen molar-refractivity contribution < 1.29 is 4.79 Å². The summed E-state index contributed by atoms with van der Waals surface area (Å²) in [5.74, 6) is 0.601. The smallest absolute Gasteiger partial charge is 0.252 e. The zero-order chi connectivity index (χ0) is 16.4. The number of carbonyl (C=O) groups is 1. The quantitative estimate of drug-likeness (QED) is 0.797. The first-order chi connectivity index (χ1) is 11.1. The maximum Gasteiger partial charge on any atom is 0.252 e. The molecule has 0 aliphatic carbocycles. The first kappa shape index (κ1) is 15.4. The molecule has 0 radical (unpaired) electrons. The molecule has 0 spiro atoms. The number of amides is 1. The summed E-state index contributed by atoms with van der Waals surface area (Å²) in [6.07, 6.45) is 0. The number of carbonyl (C=O) groups excluding carboxylic acids is 1. The first-order valence-electron chi connectivity index (χ1n) is 7.21. The maximum absolute atomic E-state index is 12.7. The van der Waals surface area contributed by atoms with E-state index in [-0.39, 0.29) is 11.9 Å². The fourth-order valence-electron chi connectivity index (χ4n) is 2.29. The Labute approximate surface area is 138 Å². The van der Waals surface area contributed by atoms with Crippen LogP contribution in [-0.4, -0.2) is 34.6 Å². The molecule has 1 atom stereocenters. The number of para-hydroxylation sites is 1. The summed E-state index contributed by atoms with van der Waals surface area (Å²) in [5.41, 5.74) is 2.16. The molecule has 1 N–H and O–H groups in total. The molecule has 6 nitrogen and oxygen atoms in total. The number of nitrogens with zero attached hydrogens (tertiary/aromatic N) is 4. The van der Waals surface area contributed by atoms with Gasteiger partial charge >= 0.3 is 0 Å². The monoisotopic (exact) mass is 327 g/mol. The Kier molecular flexibility index (Phi) is 4.20. The SMILES string of the molecule is C[C@H](NC(=O)c1cc(N(C)C)nc2ccccc12)c1csnn1. The van der Waals surface area contributed by atoms with Crippen LogP contribution in [0.3, 0.4) is 0 Å². The minimum atomic E-state index is -0.198. The van der Waals surface area contributed by atoms with E-state index < -0.39 is 0 Å². The fraction of sp³-hybridized carbons (Fsp3) is 0.250. The summed E-state index contributed by atoms with van der Waals surface area (Å²) >= 11 is 1.27. The molecule has 0 bridgehead atoms. The highest BCUT2D eigenvalue weighted by atomic mass is 32.1. The van der Waals surface area contributed by atoms with Gasteiger partial charge in [0.1, 0.15) is 5.82 Å². The predicted octanol–water partition coefficient (Wildman–Crippen LogP) is 2.64. The van der Waals surface area contributed by atoms with E-state index in [1.165, 1.54) is 11.5 Å². The van der Waals surface area contributed by atoms with Gasteiger partial charge in [-0.05, 0) is 30.6 Å². The van der Waals surface area contributed by atoms with E-state index in [4.69, 9.17) is 0 Å². The van der Waals surface area contributed by atoms with Crippen LogP contribution in [0.4, 0.5) is 5.82 Å². The van der Waals surface area contributed by atoms with Gasteiger partial charge in [0.05, 0.1) is 22.8 Å². The van der Waals surface area contributed by atoms with Gasteiger partial charge < -0.3 is 10.2 Å². The molecule has 0 aliphatic heterocycles. The van der Waals surface area contributed by atoms with Crippen molar-refractivity contribution in [2.24, 2.45) is 0 Å². The minimum Gasteiger partial charge on any atom is -0.363 e. The number of nitrogens with one attached hydrogen (secondary N) is 1. The van der Waals surface area contributed by atoms with E-state index in [1.54, 1.807) is 0 Å². The lowest BCUT2D eigenvalue weighted by atomic mass is 10.1. The van der Waals surface area contributed by atoms with Crippen LogP contribution < -0.4 is 10.2 Å². The molecule has 2 aromatic heterocycles.